The van der Waals surface area contributed by atoms with Gasteiger partial charge in [-0.05, 0) is 38.9 Å². The summed E-state index contributed by atoms with van der Waals surface area (Å²) in [6, 6.07) is -0.530. The first-order chi connectivity index (χ1) is 8.52. The number of carbonyl (C=O) groups excluding carboxylic acids is 2. The molecule has 6 heteroatoms. The predicted octanol–water partition coefficient (Wildman–Crippen LogP) is -0.121. The number of nitrogens with one attached hydrogen (secondary N) is 2. The Kier molecular flexibility index (Phi) is 6.49. The van der Waals surface area contributed by atoms with Crippen LogP contribution in [0.3, 0.4) is 0 Å². The van der Waals surface area contributed by atoms with Crippen LogP contribution in [0.25, 0.3) is 0 Å². The minimum atomic E-state index is -0.530. The van der Waals surface area contributed by atoms with Crippen LogP contribution in [0.5, 0.6) is 0 Å². The van der Waals surface area contributed by atoms with E-state index in [-0.39, 0.29) is 11.8 Å². The molecule has 1 fully saturated rings. The van der Waals surface area contributed by atoms with Crippen LogP contribution < -0.4 is 10.6 Å². The van der Waals surface area contributed by atoms with Crippen molar-refractivity contribution < 1.29 is 9.59 Å². The number of carbonyl (C=O) groups is 2. The van der Waals surface area contributed by atoms with E-state index in [1.54, 1.807) is 0 Å². The number of rotatable bonds is 5. The minimum Gasteiger partial charge on any atom is -0.354 e. The Morgan fingerprint density at radius 1 is 1.39 bits per heavy atom. The Morgan fingerprint density at radius 2 is 2.00 bits per heavy atom. The molecule has 1 heterocycles. The first kappa shape index (κ1) is 15.3. The molecular formula is C12H23N3O2S. The highest BCUT2D eigenvalue weighted by Gasteiger charge is 2.21. The molecular weight excluding hydrogens is 250 g/mol. The van der Waals surface area contributed by atoms with E-state index in [0.29, 0.717) is 18.2 Å². The fourth-order valence-corrected chi connectivity index (χ4v) is 2.33. The lowest BCUT2D eigenvalue weighted by Crippen LogP contribution is -2.48. The van der Waals surface area contributed by atoms with Crippen molar-refractivity contribution in [2.75, 3.05) is 32.4 Å². The van der Waals surface area contributed by atoms with E-state index in [0.717, 1.165) is 25.9 Å². The molecule has 0 spiro atoms. The Bertz CT molecular complexity index is 291. The van der Waals surface area contributed by atoms with Gasteiger partial charge in [0.25, 0.3) is 0 Å². The first-order valence-electron chi connectivity index (χ1n) is 6.37. The number of hydrogen-bond donors (Lipinski definition) is 3. The van der Waals surface area contributed by atoms with Gasteiger partial charge >= 0.3 is 0 Å². The van der Waals surface area contributed by atoms with E-state index in [1.165, 1.54) is 6.92 Å². The van der Waals surface area contributed by atoms with E-state index in [4.69, 9.17) is 0 Å². The number of piperidine rings is 1. The summed E-state index contributed by atoms with van der Waals surface area (Å²) >= 11 is 4.08. The first-order valence-corrected chi connectivity index (χ1v) is 7.00. The maximum absolute atomic E-state index is 11.8. The van der Waals surface area contributed by atoms with Gasteiger partial charge in [-0.1, -0.05) is 0 Å². The molecule has 1 unspecified atom stereocenters. The molecule has 1 rings (SSSR count). The second kappa shape index (κ2) is 7.63. The van der Waals surface area contributed by atoms with Gasteiger partial charge in [0, 0.05) is 19.2 Å². The summed E-state index contributed by atoms with van der Waals surface area (Å²) in [4.78, 5) is 25.1. The molecule has 1 aliphatic heterocycles. The molecule has 2 amide bonds. The monoisotopic (exact) mass is 273 g/mol. The molecule has 104 valence electrons. The van der Waals surface area contributed by atoms with Crippen LogP contribution in [0, 0.1) is 5.92 Å². The molecule has 0 radical (unpaired) electrons. The van der Waals surface area contributed by atoms with Gasteiger partial charge in [-0.2, -0.15) is 12.6 Å². The maximum atomic E-state index is 11.8. The van der Waals surface area contributed by atoms with Gasteiger partial charge in [0.1, 0.15) is 6.04 Å². The number of hydrogen-bond acceptors (Lipinski definition) is 4. The van der Waals surface area contributed by atoms with E-state index in [9.17, 15) is 9.59 Å². The van der Waals surface area contributed by atoms with Crippen molar-refractivity contribution >= 4 is 24.4 Å². The number of likely N-dealkylation sites (tertiary alicyclic amines) is 1. The molecule has 18 heavy (non-hydrogen) atoms. The van der Waals surface area contributed by atoms with E-state index in [2.05, 4.69) is 35.2 Å². The summed E-state index contributed by atoms with van der Waals surface area (Å²) in [7, 11) is 2.11. The fourth-order valence-electron chi connectivity index (χ4n) is 2.07. The average molecular weight is 273 g/mol. The zero-order chi connectivity index (χ0) is 13.5. The molecule has 5 nitrogen and oxygen atoms in total. The average Bonchev–Trinajstić information content (AvgIpc) is 2.34. The van der Waals surface area contributed by atoms with Gasteiger partial charge in [-0.25, -0.2) is 0 Å². The van der Waals surface area contributed by atoms with Crippen LogP contribution in [-0.2, 0) is 9.59 Å². The van der Waals surface area contributed by atoms with Crippen molar-refractivity contribution in [1.29, 1.82) is 0 Å². The molecule has 0 saturated carbocycles. The lowest BCUT2D eigenvalue weighted by molar-refractivity contribution is -0.127. The minimum absolute atomic E-state index is 0.140. The van der Waals surface area contributed by atoms with Crippen LogP contribution >= 0.6 is 12.6 Å². The van der Waals surface area contributed by atoms with Crippen molar-refractivity contribution in [3.05, 3.63) is 0 Å². The molecule has 0 aromatic carbocycles. The summed E-state index contributed by atoms with van der Waals surface area (Å²) in [5, 5.41) is 5.49. The summed E-state index contributed by atoms with van der Waals surface area (Å²) < 4.78 is 0. The van der Waals surface area contributed by atoms with Gasteiger partial charge in [-0.3, -0.25) is 9.59 Å². The molecule has 1 aliphatic rings. The second-order valence-electron chi connectivity index (χ2n) is 4.93. The van der Waals surface area contributed by atoms with Gasteiger partial charge in [0.2, 0.25) is 11.8 Å². The highest BCUT2D eigenvalue weighted by Crippen LogP contribution is 2.14. The van der Waals surface area contributed by atoms with Gasteiger partial charge in [-0.15, -0.1) is 0 Å². The Hall–Kier alpha value is -0.750. The smallest absolute Gasteiger partial charge is 0.243 e. The largest absolute Gasteiger partial charge is 0.354 e. The zero-order valence-corrected chi connectivity index (χ0v) is 12.0. The highest BCUT2D eigenvalue weighted by molar-refractivity contribution is 7.80. The van der Waals surface area contributed by atoms with Crippen LogP contribution in [0.1, 0.15) is 19.8 Å². The quantitative estimate of drug-likeness (QED) is 0.612. The van der Waals surface area contributed by atoms with Gasteiger partial charge < -0.3 is 15.5 Å². The van der Waals surface area contributed by atoms with Gasteiger partial charge in [0.15, 0.2) is 0 Å². The summed E-state index contributed by atoms with van der Waals surface area (Å²) in [5.74, 6) is 0.518. The van der Waals surface area contributed by atoms with Crippen LogP contribution in [0.15, 0.2) is 0 Å². The predicted molar refractivity (Wildman–Crippen MR) is 74.7 cm³/mol. The second-order valence-corrected chi connectivity index (χ2v) is 5.29. The third-order valence-corrected chi connectivity index (χ3v) is 3.64. The molecule has 0 bridgehead atoms. The summed E-state index contributed by atoms with van der Waals surface area (Å²) in [5.41, 5.74) is 0. The third kappa shape index (κ3) is 5.27. The Morgan fingerprint density at radius 3 is 2.50 bits per heavy atom. The topological polar surface area (TPSA) is 61.4 Å². The number of amides is 2. The number of nitrogens with zero attached hydrogens (tertiary/aromatic N) is 1. The van der Waals surface area contributed by atoms with Crippen molar-refractivity contribution in [3.63, 3.8) is 0 Å². The highest BCUT2D eigenvalue weighted by atomic mass is 32.1. The van der Waals surface area contributed by atoms with Gasteiger partial charge in [0.05, 0.1) is 0 Å². The van der Waals surface area contributed by atoms with E-state index in [1.807, 2.05) is 0 Å². The molecule has 1 atom stereocenters. The summed E-state index contributed by atoms with van der Waals surface area (Å²) in [6.07, 6.45) is 2.23. The normalized spacial score (nSPS) is 19.3. The maximum Gasteiger partial charge on any atom is 0.243 e. The SMILES string of the molecule is CC(=O)NC(CS)C(=O)NCC1CCN(C)CC1. The molecule has 1 saturated heterocycles. The fraction of sp³-hybridized carbons (Fsp3) is 0.833. The lowest BCUT2D eigenvalue weighted by Gasteiger charge is -2.29. The van der Waals surface area contributed by atoms with Crippen molar-refractivity contribution in [2.24, 2.45) is 5.92 Å². The third-order valence-electron chi connectivity index (χ3n) is 3.28. The number of thiol groups is 1. The van der Waals surface area contributed by atoms with E-state index >= 15 is 0 Å². The zero-order valence-electron chi connectivity index (χ0n) is 11.1. The molecule has 0 aromatic rings. The molecule has 0 aliphatic carbocycles. The Labute approximate surface area is 114 Å². The Balaban J connectivity index is 2.28. The molecule has 2 N–H and O–H groups in total. The van der Waals surface area contributed by atoms with E-state index < -0.39 is 6.04 Å². The lowest BCUT2D eigenvalue weighted by atomic mass is 9.97. The van der Waals surface area contributed by atoms with Crippen molar-refractivity contribution in [1.82, 2.24) is 15.5 Å². The van der Waals surface area contributed by atoms with Crippen LogP contribution in [0.4, 0.5) is 0 Å². The van der Waals surface area contributed by atoms with Crippen LogP contribution in [-0.4, -0.2) is 55.2 Å². The van der Waals surface area contributed by atoms with Crippen molar-refractivity contribution in [3.8, 4) is 0 Å². The molecule has 0 aromatic heterocycles. The van der Waals surface area contributed by atoms with Crippen LogP contribution in [0.2, 0.25) is 0 Å². The summed E-state index contributed by atoms with van der Waals surface area (Å²) in [6.45, 7) is 4.27. The van der Waals surface area contributed by atoms with Crippen molar-refractivity contribution in [2.45, 2.75) is 25.8 Å². The standard InChI is InChI=1S/C12H23N3O2S/c1-9(16)14-11(8-18)12(17)13-7-10-3-5-15(2)6-4-10/h10-11,18H,3-8H2,1-2H3,(H,13,17)(H,14,16).